The molecule has 7 nitrogen and oxygen atoms in total. The molecule has 1 aromatic heterocycles. The number of imidazole rings is 1. The van der Waals surface area contributed by atoms with Crippen LogP contribution in [0, 0.1) is 23.0 Å². The second-order valence-electron chi connectivity index (χ2n) is 5.67. The summed E-state index contributed by atoms with van der Waals surface area (Å²) in [5.74, 6) is 1.25. The minimum Gasteiger partial charge on any atom is -0.388 e. The first-order chi connectivity index (χ1) is 9.47. The zero-order chi connectivity index (χ0) is 14.7. The molecule has 2 rings (SSSR count). The fraction of sp³-hybridized carbons (Fsp3) is 0.769. The molecule has 1 atom stereocenters. The first-order valence-electron chi connectivity index (χ1n) is 7.04. The third-order valence-corrected chi connectivity index (χ3v) is 3.96. The van der Waals surface area contributed by atoms with E-state index >= 15 is 0 Å². The van der Waals surface area contributed by atoms with E-state index in [0.29, 0.717) is 12.4 Å². The van der Waals surface area contributed by atoms with Gasteiger partial charge in [0, 0.05) is 13.5 Å². The van der Waals surface area contributed by atoms with Gasteiger partial charge in [-0.1, -0.05) is 6.92 Å². The van der Waals surface area contributed by atoms with Crippen molar-refractivity contribution in [3.63, 3.8) is 0 Å². The number of nitro groups is 1. The highest BCUT2D eigenvalue weighted by Crippen LogP contribution is 2.18. The van der Waals surface area contributed by atoms with Gasteiger partial charge in [0.1, 0.15) is 18.8 Å². The molecule has 1 aliphatic heterocycles. The minimum atomic E-state index is -0.616. The number of rotatable bonds is 5. The van der Waals surface area contributed by atoms with Crippen LogP contribution in [0.15, 0.2) is 6.20 Å². The molecule has 7 heteroatoms. The van der Waals surface area contributed by atoms with Crippen molar-refractivity contribution in [2.75, 3.05) is 19.6 Å². The van der Waals surface area contributed by atoms with Crippen molar-refractivity contribution in [2.24, 2.45) is 5.92 Å². The molecule has 0 amide bonds. The van der Waals surface area contributed by atoms with Crippen LogP contribution < -0.4 is 0 Å². The summed E-state index contributed by atoms with van der Waals surface area (Å²) in [6, 6.07) is 0. The Labute approximate surface area is 118 Å². The molecular weight excluding hydrogens is 260 g/mol. The molecule has 1 saturated heterocycles. The zero-order valence-corrected chi connectivity index (χ0v) is 12.0. The highest BCUT2D eigenvalue weighted by molar-refractivity contribution is 5.18. The third kappa shape index (κ3) is 3.55. The second-order valence-corrected chi connectivity index (χ2v) is 5.67. The highest BCUT2D eigenvalue weighted by atomic mass is 16.6. The van der Waals surface area contributed by atoms with Crippen LogP contribution in [0.25, 0.3) is 0 Å². The van der Waals surface area contributed by atoms with Gasteiger partial charge in [0.05, 0.1) is 0 Å². The Morgan fingerprint density at radius 1 is 1.50 bits per heavy atom. The van der Waals surface area contributed by atoms with Crippen molar-refractivity contribution < 1.29 is 10.0 Å². The summed E-state index contributed by atoms with van der Waals surface area (Å²) in [5.41, 5.74) is 0. The number of likely N-dealkylation sites (tertiary alicyclic amines) is 1. The lowest BCUT2D eigenvalue weighted by atomic mass is 9.99. The van der Waals surface area contributed by atoms with Crippen LogP contribution in [-0.2, 0) is 6.54 Å². The normalized spacial score (nSPS) is 19.1. The van der Waals surface area contributed by atoms with Crippen molar-refractivity contribution in [2.45, 2.75) is 39.3 Å². The maximum Gasteiger partial charge on any atom is 0.342 e. The first-order valence-corrected chi connectivity index (χ1v) is 7.04. The van der Waals surface area contributed by atoms with Crippen LogP contribution in [0.2, 0.25) is 0 Å². The van der Waals surface area contributed by atoms with E-state index in [9.17, 15) is 15.2 Å². The van der Waals surface area contributed by atoms with Crippen molar-refractivity contribution in [3.8, 4) is 0 Å². The van der Waals surface area contributed by atoms with E-state index in [4.69, 9.17) is 0 Å². The summed E-state index contributed by atoms with van der Waals surface area (Å²) in [6.45, 7) is 6.70. The molecule has 0 bridgehead atoms. The number of aliphatic hydroxyl groups excluding tert-OH is 1. The Kier molecular flexibility index (Phi) is 4.72. The van der Waals surface area contributed by atoms with E-state index in [-0.39, 0.29) is 12.4 Å². The molecule has 1 aromatic rings. The smallest absolute Gasteiger partial charge is 0.342 e. The molecule has 1 fully saturated rings. The number of aliphatic hydroxyl groups is 1. The van der Waals surface area contributed by atoms with Gasteiger partial charge in [0.15, 0.2) is 5.82 Å². The van der Waals surface area contributed by atoms with Crippen molar-refractivity contribution in [1.29, 1.82) is 0 Å². The van der Waals surface area contributed by atoms with Crippen molar-refractivity contribution >= 4 is 5.82 Å². The summed E-state index contributed by atoms with van der Waals surface area (Å²) in [4.78, 5) is 16.6. The van der Waals surface area contributed by atoms with Crippen LogP contribution in [-0.4, -0.2) is 50.2 Å². The Bertz CT molecular complexity index is 466. The third-order valence-electron chi connectivity index (χ3n) is 3.96. The molecule has 0 aromatic carbocycles. The molecule has 1 N–H and O–H groups in total. The fourth-order valence-corrected chi connectivity index (χ4v) is 2.64. The van der Waals surface area contributed by atoms with Gasteiger partial charge < -0.3 is 20.1 Å². The monoisotopic (exact) mass is 282 g/mol. The zero-order valence-electron chi connectivity index (χ0n) is 12.0. The van der Waals surface area contributed by atoms with Crippen LogP contribution in [0.4, 0.5) is 5.82 Å². The molecule has 1 unspecified atom stereocenters. The molecule has 2 heterocycles. The van der Waals surface area contributed by atoms with E-state index in [2.05, 4.69) is 16.8 Å². The molecule has 0 radical (unpaired) electrons. The van der Waals surface area contributed by atoms with E-state index < -0.39 is 11.0 Å². The fourth-order valence-electron chi connectivity index (χ4n) is 2.64. The van der Waals surface area contributed by atoms with Gasteiger partial charge in [-0.15, -0.1) is 0 Å². The lowest BCUT2D eigenvalue weighted by Gasteiger charge is -2.31. The molecule has 0 aliphatic carbocycles. The molecular formula is C13H22N4O3. The largest absolute Gasteiger partial charge is 0.388 e. The molecule has 0 saturated carbocycles. The predicted octanol–water partition coefficient (Wildman–Crippen LogP) is 1.19. The summed E-state index contributed by atoms with van der Waals surface area (Å²) in [6.07, 6.45) is 2.92. The van der Waals surface area contributed by atoms with Gasteiger partial charge in [0.25, 0.3) is 0 Å². The van der Waals surface area contributed by atoms with Crippen LogP contribution in [0.3, 0.4) is 0 Å². The lowest BCUT2D eigenvalue weighted by molar-refractivity contribution is -0.392. The Hall–Kier alpha value is -1.47. The average Bonchev–Trinajstić information content (AvgIpc) is 2.74. The molecule has 1 aliphatic rings. The van der Waals surface area contributed by atoms with E-state index in [1.165, 1.54) is 10.8 Å². The number of hydrogen-bond donors (Lipinski definition) is 1. The van der Waals surface area contributed by atoms with E-state index in [0.717, 1.165) is 31.8 Å². The van der Waals surface area contributed by atoms with Gasteiger partial charge in [-0.25, -0.2) is 9.55 Å². The first kappa shape index (κ1) is 14.9. The number of hydrogen-bond acceptors (Lipinski definition) is 5. The van der Waals surface area contributed by atoms with Gasteiger partial charge in [-0.3, -0.25) is 0 Å². The Morgan fingerprint density at radius 2 is 2.15 bits per heavy atom. The van der Waals surface area contributed by atoms with Crippen LogP contribution >= 0.6 is 0 Å². The second kappa shape index (κ2) is 6.32. The highest BCUT2D eigenvalue weighted by Gasteiger charge is 2.23. The van der Waals surface area contributed by atoms with Gasteiger partial charge in [0.2, 0.25) is 0 Å². The molecule has 0 spiro atoms. The topological polar surface area (TPSA) is 84.4 Å². The van der Waals surface area contributed by atoms with Gasteiger partial charge in [-0.05, 0) is 36.8 Å². The van der Waals surface area contributed by atoms with Crippen LogP contribution in [0.5, 0.6) is 0 Å². The average molecular weight is 282 g/mol. The summed E-state index contributed by atoms with van der Waals surface area (Å²) in [5, 5.41) is 21.1. The number of aryl methyl sites for hydroxylation is 1. The predicted molar refractivity (Wildman–Crippen MR) is 74.5 cm³/mol. The number of nitrogens with zero attached hydrogens (tertiary/aromatic N) is 4. The van der Waals surface area contributed by atoms with Crippen molar-refractivity contribution in [3.05, 3.63) is 22.1 Å². The Morgan fingerprint density at radius 3 is 2.75 bits per heavy atom. The van der Waals surface area contributed by atoms with Crippen LogP contribution in [0.1, 0.15) is 25.6 Å². The van der Waals surface area contributed by atoms with E-state index in [1.54, 1.807) is 6.92 Å². The quantitative estimate of drug-likeness (QED) is 0.648. The standard InChI is InChI=1S/C13H22N4O3/c1-10-3-5-15(6-4-10)8-12(18)9-16-11(2)14-7-13(16)17(19)20/h7,10,12,18H,3-6,8-9H2,1-2H3. The Balaban J connectivity index is 1.93. The number of aromatic nitrogens is 2. The summed E-state index contributed by atoms with van der Waals surface area (Å²) >= 11 is 0. The number of β-amino-alcohol motifs (C(OH)–C–C–N with tert-alkyl or cyclic N) is 1. The minimum absolute atomic E-state index is 0.0613. The van der Waals surface area contributed by atoms with E-state index in [1.807, 2.05) is 0 Å². The lowest BCUT2D eigenvalue weighted by Crippen LogP contribution is -2.39. The molecule has 112 valence electrons. The van der Waals surface area contributed by atoms with Crippen molar-refractivity contribution in [1.82, 2.24) is 14.5 Å². The molecule has 20 heavy (non-hydrogen) atoms. The summed E-state index contributed by atoms with van der Waals surface area (Å²) < 4.78 is 1.47. The maximum absolute atomic E-state index is 10.9. The number of piperidine rings is 1. The van der Waals surface area contributed by atoms with Gasteiger partial charge in [-0.2, -0.15) is 0 Å². The SMILES string of the molecule is Cc1ncc([N+](=O)[O-])n1CC(O)CN1CCC(C)CC1. The van der Waals surface area contributed by atoms with Gasteiger partial charge >= 0.3 is 5.82 Å². The summed E-state index contributed by atoms with van der Waals surface area (Å²) in [7, 11) is 0. The maximum atomic E-state index is 10.9.